The first-order valence-electron chi connectivity index (χ1n) is 6.83. The van der Waals surface area contributed by atoms with Gasteiger partial charge >= 0.3 is 0 Å². The van der Waals surface area contributed by atoms with Crippen molar-refractivity contribution in [3.8, 4) is 0 Å². The van der Waals surface area contributed by atoms with Crippen LogP contribution in [0.25, 0.3) is 0 Å². The fourth-order valence-electron chi connectivity index (χ4n) is 2.14. The maximum absolute atomic E-state index is 14.0. The first kappa shape index (κ1) is 15.7. The number of likely N-dealkylation sites (N-methyl/N-ethyl adjacent to an activating group) is 1. The molecular weight excluding hydrogens is 285 g/mol. The molecular formula is C16H20FN3S. The maximum Gasteiger partial charge on any atom is 0.128 e. The van der Waals surface area contributed by atoms with Crippen molar-refractivity contribution >= 4 is 17.2 Å². The maximum atomic E-state index is 14.0. The van der Waals surface area contributed by atoms with Crippen molar-refractivity contribution in [3.05, 3.63) is 57.5 Å². The Kier molecular flexibility index (Phi) is 5.09. The van der Waals surface area contributed by atoms with Gasteiger partial charge < -0.3 is 5.73 Å². The normalized spacial score (nSPS) is 12.6. The summed E-state index contributed by atoms with van der Waals surface area (Å²) in [5, 5.41) is 9.40. The minimum absolute atomic E-state index is 0.111. The van der Waals surface area contributed by atoms with Gasteiger partial charge in [-0.25, -0.2) is 4.39 Å². The van der Waals surface area contributed by atoms with E-state index >= 15 is 0 Å². The zero-order valence-corrected chi connectivity index (χ0v) is 13.1. The Bertz CT molecular complexity index is 610. The Labute approximate surface area is 128 Å². The number of nitrogens with zero attached hydrogens (tertiary/aromatic N) is 1. The van der Waals surface area contributed by atoms with Crippen molar-refractivity contribution < 1.29 is 4.39 Å². The monoisotopic (exact) mass is 305 g/mol. The van der Waals surface area contributed by atoms with Crippen LogP contribution in [0.15, 0.2) is 35.7 Å². The zero-order chi connectivity index (χ0) is 15.4. The summed E-state index contributed by atoms with van der Waals surface area (Å²) >= 11 is 1.75. The van der Waals surface area contributed by atoms with Crippen LogP contribution in [0.2, 0.25) is 0 Å². The third kappa shape index (κ3) is 4.12. The molecule has 3 nitrogen and oxygen atoms in total. The molecule has 0 amide bonds. The van der Waals surface area contributed by atoms with Crippen molar-refractivity contribution in [2.24, 2.45) is 5.73 Å². The lowest BCUT2D eigenvalue weighted by Gasteiger charge is -2.24. The molecule has 0 aliphatic carbocycles. The Morgan fingerprint density at radius 3 is 2.76 bits per heavy atom. The standard InChI is InChI=1S/C16H20FN3S/c1-11(8-14-4-3-7-21-14)20(2)10-13-6-5-12(16(18)19)9-15(13)17/h3-7,9,11H,8,10H2,1-2H3,(H3,18,19). The van der Waals surface area contributed by atoms with Crippen LogP contribution < -0.4 is 5.73 Å². The molecule has 0 bridgehead atoms. The van der Waals surface area contributed by atoms with Crippen LogP contribution in [0, 0.1) is 11.2 Å². The second kappa shape index (κ2) is 6.83. The molecule has 2 rings (SSSR count). The lowest BCUT2D eigenvalue weighted by molar-refractivity contribution is 0.245. The lowest BCUT2D eigenvalue weighted by atomic mass is 10.1. The minimum Gasteiger partial charge on any atom is -0.384 e. The number of hydrogen-bond donors (Lipinski definition) is 2. The van der Waals surface area contributed by atoms with Crippen LogP contribution in [-0.4, -0.2) is 23.8 Å². The number of rotatable bonds is 6. The summed E-state index contributed by atoms with van der Waals surface area (Å²) in [5.41, 5.74) is 6.41. The highest BCUT2D eigenvalue weighted by Gasteiger charge is 2.13. The number of amidine groups is 1. The van der Waals surface area contributed by atoms with Crippen molar-refractivity contribution in [2.75, 3.05) is 7.05 Å². The number of halogens is 1. The topological polar surface area (TPSA) is 53.1 Å². The van der Waals surface area contributed by atoms with Crippen LogP contribution in [-0.2, 0) is 13.0 Å². The van der Waals surface area contributed by atoms with Gasteiger partial charge in [0.15, 0.2) is 0 Å². The molecule has 0 radical (unpaired) electrons. The van der Waals surface area contributed by atoms with Crippen LogP contribution in [0.4, 0.5) is 4.39 Å². The molecule has 1 aromatic carbocycles. The summed E-state index contributed by atoms with van der Waals surface area (Å²) in [5.74, 6) is -0.419. The number of thiophene rings is 1. The van der Waals surface area contributed by atoms with E-state index in [1.54, 1.807) is 23.5 Å². The van der Waals surface area contributed by atoms with Gasteiger partial charge in [0.1, 0.15) is 11.7 Å². The van der Waals surface area contributed by atoms with Gasteiger partial charge in [0, 0.05) is 28.6 Å². The summed E-state index contributed by atoms with van der Waals surface area (Å²) < 4.78 is 14.0. The van der Waals surface area contributed by atoms with E-state index in [0.29, 0.717) is 23.7 Å². The predicted molar refractivity (Wildman–Crippen MR) is 86.4 cm³/mol. The largest absolute Gasteiger partial charge is 0.384 e. The van der Waals surface area contributed by atoms with Crippen LogP contribution in [0.1, 0.15) is 22.9 Å². The summed E-state index contributed by atoms with van der Waals surface area (Å²) in [7, 11) is 2.00. The van der Waals surface area contributed by atoms with Crippen LogP contribution >= 0.6 is 11.3 Å². The van der Waals surface area contributed by atoms with Gasteiger partial charge in [0.2, 0.25) is 0 Å². The second-order valence-electron chi connectivity index (χ2n) is 5.27. The minimum atomic E-state index is -0.308. The van der Waals surface area contributed by atoms with Crippen LogP contribution in [0.5, 0.6) is 0 Å². The van der Waals surface area contributed by atoms with Gasteiger partial charge in [-0.3, -0.25) is 10.3 Å². The Balaban J connectivity index is 2.01. The van der Waals surface area contributed by atoms with Crippen molar-refractivity contribution in [3.63, 3.8) is 0 Å². The van der Waals surface area contributed by atoms with E-state index in [1.165, 1.54) is 10.9 Å². The summed E-state index contributed by atoms with van der Waals surface area (Å²) in [6, 6.07) is 9.23. The highest BCUT2D eigenvalue weighted by atomic mass is 32.1. The molecule has 21 heavy (non-hydrogen) atoms. The molecule has 0 aliphatic rings. The third-order valence-electron chi connectivity index (χ3n) is 3.61. The van der Waals surface area contributed by atoms with Gasteiger partial charge in [-0.1, -0.05) is 18.2 Å². The highest BCUT2D eigenvalue weighted by Crippen LogP contribution is 2.17. The van der Waals surface area contributed by atoms with Crippen molar-refractivity contribution in [2.45, 2.75) is 25.9 Å². The molecule has 1 unspecified atom stereocenters. The number of nitrogens with one attached hydrogen (secondary N) is 1. The summed E-state index contributed by atoms with van der Waals surface area (Å²) in [6.45, 7) is 2.68. The average Bonchev–Trinajstić information content (AvgIpc) is 2.93. The molecule has 1 aromatic heterocycles. The average molecular weight is 305 g/mol. The van der Waals surface area contributed by atoms with Gasteiger partial charge in [0.05, 0.1) is 0 Å². The van der Waals surface area contributed by atoms with E-state index in [4.69, 9.17) is 11.1 Å². The SMILES string of the molecule is CC(Cc1cccs1)N(C)Cc1ccc(C(=N)N)cc1F. The molecule has 0 saturated carbocycles. The van der Waals surface area contributed by atoms with Gasteiger partial charge in [-0.05, 0) is 37.9 Å². The molecule has 112 valence electrons. The van der Waals surface area contributed by atoms with E-state index in [2.05, 4.69) is 23.3 Å². The lowest BCUT2D eigenvalue weighted by Crippen LogP contribution is -2.30. The number of hydrogen-bond acceptors (Lipinski definition) is 3. The number of nitrogens with two attached hydrogens (primary N) is 1. The molecule has 1 heterocycles. The first-order chi connectivity index (χ1) is 9.97. The third-order valence-corrected chi connectivity index (χ3v) is 4.51. The zero-order valence-electron chi connectivity index (χ0n) is 12.3. The predicted octanol–water partition coefficient (Wildman–Crippen LogP) is 3.23. The Morgan fingerprint density at radius 1 is 1.43 bits per heavy atom. The Hall–Kier alpha value is -1.72. The van der Waals surface area contributed by atoms with E-state index in [9.17, 15) is 4.39 Å². The fourth-order valence-corrected chi connectivity index (χ4v) is 2.97. The quantitative estimate of drug-likeness (QED) is 0.636. The fraction of sp³-hybridized carbons (Fsp3) is 0.312. The van der Waals surface area contributed by atoms with Gasteiger partial charge in [-0.2, -0.15) is 0 Å². The second-order valence-corrected chi connectivity index (χ2v) is 6.30. The molecule has 2 aromatic rings. The van der Waals surface area contributed by atoms with E-state index < -0.39 is 0 Å². The van der Waals surface area contributed by atoms with E-state index in [1.807, 2.05) is 13.1 Å². The van der Waals surface area contributed by atoms with E-state index in [0.717, 1.165) is 6.42 Å². The molecule has 1 atom stereocenters. The molecule has 5 heteroatoms. The summed E-state index contributed by atoms with van der Waals surface area (Å²) in [4.78, 5) is 3.47. The summed E-state index contributed by atoms with van der Waals surface area (Å²) in [6.07, 6.45) is 0.960. The molecule has 0 aliphatic heterocycles. The number of benzene rings is 1. The van der Waals surface area contributed by atoms with E-state index in [-0.39, 0.29) is 11.7 Å². The van der Waals surface area contributed by atoms with Crippen LogP contribution in [0.3, 0.4) is 0 Å². The van der Waals surface area contributed by atoms with Crippen molar-refractivity contribution in [1.82, 2.24) is 4.90 Å². The molecule has 0 saturated heterocycles. The van der Waals surface area contributed by atoms with Gasteiger partial charge in [-0.15, -0.1) is 11.3 Å². The Morgan fingerprint density at radius 2 is 2.19 bits per heavy atom. The first-order valence-corrected chi connectivity index (χ1v) is 7.70. The molecule has 0 fully saturated rings. The number of nitrogen functional groups attached to an aromatic ring is 1. The molecule has 0 spiro atoms. The highest BCUT2D eigenvalue weighted by molar-refractivity contribution is 7.09. The molecule has 3 N–H and O–H groups in total. The van der Waals surface area contributed by atoms with Crippen molar-refractivity contribution in [1.29, 1.82) is 5.41 Å². The van der Waals surface area contributed by atoms with Gasteiger partial charge in [0.25, 0.3) is 0 Å². The smallest absolute Gasteiger partial charge is 0.128 e.